The molecule has 5 nitrogen and oxygen atoms in total. The number of carbonyl (C=O) groups excluding carboxylic acids is 1. The Hall–Kier alpha value is -2.25. The molecule has 3 aromatic rings. The molecular formula is C21H23BrN4OS. The average Bonchev–Trinajstić information content (AvgIpc) is 3.15. The number of halogens is 1. The second kappa shape index (κ2) is 9.30. The highest BCUT2D eigenvalue weighted by Gasteiger charge is 2.13. The Morgan fingerprint density at radius 3 is 2.39 bits per heavy atom. The van der Waals surface area contributed by atoms with Crippen molar-refractivity contribution in [3.63, 3.8) is 0 Å². The predicted octanol–water partition coefficient (Wildman–Crippen LogP) is 4.45. The summed E-state index contributed by atoms with van der Waals surface area (Å²) in [5.74, 6) is 0.423. The maximum atomic E-state index is 12.6. The third-order valence-corrected chi connectivity index (χ3v) is 5.81. The summed E-state index contributed by atoms with van der Waals surface area (Å²) >= 11 is 4.90. The zero-order chi connectivity index (χ0) is 20.1. The van der Waals surface area contributed by atoms with E-state index in [9.17, 15) is 4.79 Å². The number of rotatable bonds is 7. The first-order valence-corrected chi connectivity index (χ1v) is 10.6. The molecule has 0 aliphatic rings. The van der Waals surface area contributed by atoms with E-state index in [1.165, 1.54) is 11.8 Å². The van der Waals surface area contributed by atoms with Crippen molar-refractivity contribution >= 4 is 39.3 Å². The Bertz CT molecular complexity index is 922. The van der Waals surface area contributed by atoms with Crippen LogP contribution in [0.1, 0.15) is 5.56 Å². The summed E-state index contributed by atoms with van der Waals surface area (Å²) < 4.78 is 3.02. The smallest absolute Gasteiger partial charge is 0.233 e. The molecule has 7 heteroatoms. The summed E-state index contributed by atoms with van der Waals surface area (Å²) in [4.78, 5) is 20.8. The first-order chi connectivity index (χ1) is 13.4. The first-order valence-electron chi connectivity index (χ1n) is 8.86. The molecule has 0 N–H and O–H groups in total. The molecule has 0 unspecified atom stereocenters. The maximum Gasteiger partial charge on any atom is 0.233 e. The van der Waals surface area contributed by atoms with Gasteiger partial charge in [0.25, 0.3) is 0 Å². The van der Waals surface area contributed by atoms with Crippen LogP contribution in [0.5, 0.6) is 0 Å². The molecule has 28 heavy (non-hydrogen) atoms. The molecule has 0 saturated carbocycles. The van der Waals surface area contributed by atoms with E-state index < -0.39 is 0 Å². The summed E-state index contributed by atoms with van der Waals surface area (Å²) in [5, 5.41) is 0.805. The molecule has 0 bridgehead atoms. The minimum Gasteiger partial charge on any atom is -0.378 e. The van der Waals surface area contributed by atoms with Crippen LogP contribution in [0.15, 0.2) is 70.6 Å². The predicted molar refractivity (Wildman–Crippen MR) is 119 cm³/mol. The van der Waals surface area contributed by atoms with Crippen LogP contribution < -0.4 is 4.90 Å². The van der Waals surface area contributed by atoms with Crippen molar-refractivity contribution in [1.82, 2.24) is 14.5 Å². The van der Waals surface area contributed by atoms with Crippen LogP contribution in [0.4, 0.5) is 5.69 Å². The Labute approximate surface area is 178 Å². The monoisotopic (exact) mass is 458 g/mol. The number of hydrogen-bond acceptors (Lipinski definition) is 4. The van der Waals surface area contributed by atoms with Gasteiger partial charge in [0, 0.05) is 55.9 Å². The van der Waals surface area contributed by atoms with Crippen molar-refractivity contribution in [2.45, 2.75) is 11.7 Å². The Kier molecular flexibility index (Phi) is 6.80. The molecule has 146 valence electrons. The number of amides is 1. The van der Waals surface area contributed by atoms with E-state index in [0.717, 1.165) is 26.6 Å². The second-order valence-electron chi connectivity index (χ2n) is 6.66. The second-order valence-corrected chi connectivity index (χ2v) is 8.51. The van der Waals surface area contributed by atoms with Crippen molar-refractivity contribution in [2.75, 3.05) is 31.8 Å². The van der Waals surface area contributed by atoms with E-state index >= 15 is 0 Å². The lowest BCUT2D eigenvalue weighted by Crippen LogP contribution is -2.27. The number of imidazole rings is 1. The molecule has 0 aliphatic carbocycles. The van der Waals surface area contributed by atoms with Crippen LogP contribution in [0.3, 0.4) is 0 Å². The fourth-order valence-corrected chi connectivity index (χ4v) is 3.87. The van der Waals surface area contributed by atoms with Gasteiger partial charge in [-0.05, 0) is 42.0 Å². The van der Waals surface area contributed by atoms with Crippen LogP contribution in [0.25, 0.3) is 5.69 Å². The van der Waals surface area contributed by atoms with Crippen molar-refractivity contribution in [3.05, 3.63) is 71.0 Å². The van der Waals surface area contributed by atoms with Gasteiger partial charge in [0.15, 0.2) is 5.16 Å². The van der Waals surface area contributed by atoms with E-state index in [4.69, 9.17) is 0 Å². The quantitative estimate of drug-likeness (QED) is 0.490. The molecule has 0 atom stereocenters. The lowest BCUT2D eigenvalue weighted by molar-refractivity contribution is -0.127. The minimum atomic E-state index is 0.0760. The van der Waals surface area contributed by atoms with Gasteiger partial charge in [-0.3, -0.25) is 9.36 Å². The van der Waals surface area contributed by atoms with Gasteiger partial charge < -0.3 is 9.80 Å². The number of carbonyl (C=O) groups is 1. The molecule has 0 radical (unpaired) electrons. The number of aromatic nitrogens is 2. The molecule has 0 spiro atoms. The maximum absolute atomic E-state index is 12.6. The topological polar surface area (TPSA) is 41.4 Å². The molecule has 1 aromatic heterocycles. The standard InChI is InChI=1S/C21H23BrN4OS/c1-24(2)18-8-4-16(5-9-18)14-25(3)20(27)15-28-21-23-12-13-26(21)19-10-6-17(22)7-11-19/h4-13H,14-15H2,1-3H3. The van der Waals surface area contributed by atoms with Gasteiger partial charge in [0.05, 0.1) is 5.75 Å². The number of benzene rings is 2. The summed E-state index contributed by atoms with van der Waals surface area (Å²) in [5.41, 5.74) is 3.28. The van der Waals surface area contributed by atoms with Gasteiger partial charge in [0.2, 0.25) is 5.91 Å². The highest BCUT2D eigenvalue weighted by atomic mass is 79.9. The Morgan fingerprint density at radius 2 is 1.75 bits per heavy atom. The Morgan fingerprint density at radius 1 is 1.07 bits per heavy atom. The summed E-state index contributed by atoms with van der Waals surface area (Å²) in [6, 6.07) is 16.3. The highest BCUT2D eigenvalue weighted by Crippen LogP contribution is 2.22. The van der Waals surface area contributed by atoms with Gasteiger partial charge in [-0.1, -0.05) is 39.8 Å². The highest BCUT2D eigenvalue weighted by molar-refractivity contribution is 9.10. The molecule has 0 saturated heterocycles. The lowest BCUT2D eigenvalue weighted by Gasteiger charge is -2.18. The van der Waals surface area contributed by atoms with Gasteiger partial charge in [-0.25, -0.2) is 4.98 Å². The van der Waals surface area contributed by atoms with Gasteiger partial charge in [-0.2, -0.15) is 0 Å². The Balaban J connectivity index is 1.58. The molecule has 1 amide bonds. The molecule has 3 rings (SSSR count). The van der Waals surface area contributed by atoms with Crippen LogP contribution in [0.2, 0.25) is 0 Å². The summed E-state index contributed by atoms with van der Waals surface area (Å²) in [7, 11) is 5.87. The zero-order valence-electron chi connectivity index (χ0n) is 16.2. The molecule has 1 heterocycles. The SMILES string of the molecule is CN(Cc1ccc(N(C)C)cc1)C(=O)CSc1nccn1-c1ccc(Br)cc1. The summed E-state index contributed by atoms with van der Waals surface area (Å²) in [6.45, 7) is 0.592. The van der Waals surface area contributed by atoms with E-state index in [1.54, 1.807) is 11.1 Å². The molecule has 0 aliphatic heterocycles. The normalized spacial score (nSPS) is 10.7. The summed E-state index contributed by atoms with van der Waals surface area (Å²) in [6.07, 6.45) is 3.66. The number of hydrogen-bond donors (Lipinski definition) is 0. The van der Waals surface area contributed by atoms with Gasteiger partial charge in [-0.15, -0.1) is 0 Å². The minimum absolute atomic E-state index is 0.0760. The van der Waals surface area contributed by atoms with Gasteiger partial charge >= 0.3 is 0 Å². The third-order valence-electron chi connectivity index (χ3n) is 4.33. The van der Waals surface area contributed by atoms with Crippen LogP contribution in [-0.4, -0.2) is 47.3 Å². The van der Waals surface area contributed by atoms with Crippen LogP contribution in [-0.2, 0) is 11.3 Å². The average molecular weight is 459 g/mol. The van der Waals surface area contributed by atoms with Crippen LogP contribution in [0, 0.1) is 0 Å². The largest absolute Gasteiger partial charge is 0.378 e. The van der Waals surface area contributed by atoms with Crippen molar-refractivity contribution in [1.29, 1.82) is 0 Å². The number of thioether (sulfide) groups is 1. The van der Waals surface area contributed by atoms with Gasteiger partial charge in [0.1, 0.15) is 0 Å². The van der Waals surface area contributed by atoms with Crippen molar-refractivity contribution in [2.24, 2.45) is 0 Å². The van der Waals surface area contributed by atoms with Crippen molar-refractivity contribution < 1.29 is 4.79 Å². The van der Waals surface area contributed by atoms with Crippen LogP contribution >= 0.6 is 27.7 Å². The third kappa shape index (κ3) is 5.17. The fourth-order valence-electron chi connectivity index (χ4n) is 2.69. The molecule has 2 aromatic carbocycles. The zero-order valence-corrected chi connectivity index (χ0v) is 18.6. The van der Waals surface area contributed by atoms with E-state index in [-0.39, 0.29) is 5.91 Å². The molecular weight excluding hydrogens is 436 g/mol. The number of nitrogens with zero attached hydrogens (tertiary/aromatic N) is 4. The molecule has 0 fully saturated rings. The van der Waals surface area contributed by atoms with E-state index in [1.807, 2.05) is 56.2 Å². The lowest BCUT2D eigenvalue weighted by atomic mass is 10.2. The van der Waals surface area contributed by atoms with E-state index in [2.05, 4.69) is 50.1 Å². The number of anilines is 1. The van der Waals surface area contributed by atoms with Crippen molar-refractivity contribution in [3.8, 4) is 5.69 Å². The fraction of sp³-hybridized carbons (Fsp3) is 0.238. The first kappa shape index (κ1) is 20.5. The van der Waals surface area contributed by atoms with E-state index in [0.29, 0.717) is 12.3 Å².